The van der Waals surface area contributed by atoms with Crippen molar-refractivity contribution in [1.82, 2.24) is 9.80 Å². The van der Waals surface area contributed by atoms with E-state index in [9.17, 15) is 18.0 Å². The Balaban J connectivity index is 1.96. The Labute approximate surface area is 126 Å². The van der Waals surface area contributed by atoms with E-state index in [2.05, 4.69) is 0 Å². The summed E-state index contributed by atoms with van der Waals surface area (Å²) in [7, 11) is -1.35. The van der Waals surface area contributed by atoms with Crippen molar-refractivity contribution in [2.24, 2.45) is 11.8 Å². The SMILES string of the molecule is CC(C)CN1C[C@@H](C(=O)N(C)[C@H]2CCS(=O)(=O)C2)CC1=O. The second kappa shape index (κ2) is 5.94. The van der Waals surface area contributed by atoms with Crippen LogP contribution in [0.25, 0.3) is 0 Å². The first-order chi connectivity index (χ1) is 9.69. The van der Waals surface area contributed by atoms with E-state index in [-0.39, 0.29) is 41.7 Å². The van der Waals surface area contributed by atoms with Gasteiger partial charge in [0, 0.05) is 32.6 Å². The topological polar surface area (TPSA) is 74.8 Å². The minimum atomic E-state index is -3.01. The molecule has 7 heteroatoms. The number of rotatable bonds is 4. The molecule has 0 aromatic carbocycles. The minimum absolute atomic E-state index is 0.0227. The van der Waals surface area contributed by atoms with Crippen LogP contribution in [0.5, 0.6) is 0 Å². The van der Waals surface area contributed by atoms with Gasteiger partial charge in [0.2, 0.25) is 11.8 Å². The number of hydrogen-bond acceptors (Lipinski definition) is 4. The van der Waals surface area contributed by atoms with Gasteiger partial charge in [0.1, 0.15) is 0 Å². The molecule has 6 nitrogen and oxygen atoms in total. The lowest BCUT2D eigenvalue weighted by molar-refractivity contribution is -0.136. The summed E-state index contributed by atoms with van der Waals surface area (Å²) in [6, 6.07) is -0.239. The van der Waals surface area contributed by atoms with Gasteiger partial charge in [0.15, 0.2) is 9.84 Å². The fraction of sp³-hybridized carbons (Fsp3) is 0.857. The Morgan fingerprint density at radius 1 is 1.43 bits per heavy atom. The molecule has 0 bridgehead atoms. The van der Waals surface area contributed by atoms with Crippen molar-refractivity contribution in [2.45, 2.75) is 32.7 Å². The van der Waals surface area contributed by atoms with Crippen LogP contribution in [-0.4, -0.2) is 67.7 Å². The smallest absolute Gasteiger partial charge is 0.228 e. The van der Waals surface area contributed by atoms with E-state index in [0.717, 1.165) is 0 Å². The molecule has 2 rings (SSSR count). The van der Waals surface area contributed by atoms with Crippen LogP contribution in [0, 0.1) is 11.8 Å². The van der Waals surface area contributed by atoms with Crippen molar-refractivity contribution in [2.75, 3.05) is 31.6 Å². The summed E-state index contributed by atoms with van der Waals surface area (Å²) in [5.41, 5.74) is 0. The van der Waals surface area contributed by atoms with Gasteiger partial charge in [-0.05, 0) is 12.3 Å². The van der Waals surface area contributed by atoms with Gasteiger partial charge < -0.3 is 9.80 Å². The van der Waals surface area contributed by atoms with E-state index in [0.29, 0.717) is 25.4 Å². The standard InChI is InChI=1S/C14H24N2O4S/c1-10(2)7-16-8-11(6-13(16)17)14(18)15(3)12-4-5-21(19,20)9-12/h10-12H,4-9H2,1-3H3/t11-,12-/m0/s1. The van der Waals surface area contributed by atoms with Crippen molar-refractivity contribution in [3.05, 3.63) is 0 Å². The molecule has 2 amide bonds. The van der Waals surface area contributed by atoms with Crippen molar-refractivity contribution in [3.63, 3.8) is 0 Å². The van der Waals surface area contributed by atoms with Crippen molar-refractivity contribution in [3.8, 4) is 0 Å². The maximum absolute atomic E-state index is 12.5. The first-order valence-electron chi connectivity index (χ1n) is 7.44. The maximum Gasteiger partial charge on any atom is 0.228 e. The summed E-state index contributed by atoms with van der Waals surface area (Å²) >= 11 is 0. The van der Waals surface area contributed by atoms with E-state index < -0.39 is 9.84 Å². The molecule has 0 unspecified atom stereocenters. The van der Waals surface area contributed by atoms with Gasteiger partial charge in [-0.25, -0.2) is 8.42 Å². The average Bonchev–Trinajstić information content (AvgIpc) is 2.91. The van der Waals surface area contributed by atoms with Crippen molar-refractivity contribution < 1.29 is 18.0 Å². The minimum Gasteiger partial charge on any atom is -0.342 e. The molecule has 2 atom stereocenters. The molecular formula is C14H24N2O4S. The molecule has 2 fully saturated rings. The van der Waals surface area contributed by atoms with Crippen LogP contribution >= 0.6 is 0 Å². The van der Waals surface area contributed by atoms with E-state index in [4.69, 9.17) is 0 Å². The molecule has 120 valence electrons. The van der Waals surface area contributed by atoms with Crippen LogP contribution in [0.4, 0.5) is 0 Å². The molecule has 2 aliphatic heterocycles. The quantitative estimate of drug-likeness (QED) is 0.739. The highest BCUT2D eigenvalue weighted by Crippen LogP contribution is 2.24. The maximum atomic E-state index is 12.5. The summed E-state index contributed by atoms with van der Waals surface area (Å²) in [6.45, 7) is 5.21. The number of carbonyl (C=O) groups excluding carboxylic acids is 2. The monoisotopic (exact) mass is 316 g/mol. The molecule has 2 aliphatic rings. The Morgan fingerprint density at radius 3 is 2.62 bits per heavy atom. The van der Waals surface area contributed by atoms with Crippen LogP contribution in [0.3, 0.4) is 0 Å². The van der Waals surface area contributed by atoms with Crippen LogP contribution in [0.1, 0.15) is 26.7 Å². The first-order valence-corrected chi connectivity index (χ1v) is 9.26. The van der Waals surface area contributed by atoms with E-state index >= 15 is 0 Å². The lowest BCUT2D eigenvalue weighted by Crippen LogP contribution is -2.42. The van der Waals surface area contributed by atoms with E-state index in [1.54, 1.807) is 16.8 Å². The number of hydrogen-bond donors (Lipinski definition) is 0. The summed E-state index contributed by atoms with van der Waals surface area (Å²) in [5.74, 6) is 0.167. The number of nitrogens with zero attached hydrogens (tertiary/aromatic N) is 2. The number of likely N-dealkylation sites (tertiary alicyclic amines) is 1. The highest BCUT2D eigenvalue weighted by molar-refractivity contribution is 7.91. The number of sulfone groups is 1. The van der Waals surface area contributed by atoms with Crippen LogP contribution in [0.15, 0.2) is 0 Å². The zero-order valence-corrected chi connectivity index (χ0v) is 13.7. The molecular weight excluding hydrogens is 292 g/mol. The third-order valence-corrected chi connectivity index (χ3v) is 6.00. The Hall–Kier alpha value is -1.11. The summed E-state index contributed by atoms with van der Waals surface area (Å²) < 4.78 is 23.0. The molecule has 0 aromatic rings. The van der Waals surface area contributed by atoms with Gasteiger partial charge in [-0.15, -0.1) is 0 Å². The molecule has 0 saturated carbocycles. The highest BCUT2D eigenvalue weighted by Gasteiger charge is 2.39. The zero-order chi connectivity index (χ0) is 15.8. The Bertz CT molecular complexity index is 529. The zero-order valence-electron chi connectivity index (χ0n) is 12.9. The van der Waals surface area contributed by atoms with Gasteiger partial charge in [-0.2, -0.15) is 0 Å². The predicted molar refractivity (Wildman–Crippen MR) is 79.4 cm³/mol. The normalized spacial score (nSPS) is 28.4. The molecule has 0 spiro atoms. The van der Waals surface area contributed by atoms with E-state index in [1.165, 1.54) is 0 Å². The highest BCUT2D eigenvalue weighted by atomic mass is 32.2. The average molecular weight is 316 g/mol. The molecule has 2 heterocycles. The first kappa shape index (κ1) is 16.3. The van der Waals surface area contributed by atoms with Crippen LogP contribution in [0.2, 0.25) is 0 Å². The fourth-order valence-electron chi connectivity index (χ4n) is 3.10. The van der Waals surface area contributed by atoms with E-state index in [1.807, 2.05) is 13.8 Å². The second-order valence-electron chi connectivity index (χ2n) is 6.60. The van der Waals surface area contributed by atoms with Crippen molar-refractivity contribution in [1.29, 1.82) is 0 Å². The molecule has 21 heavy (non-hydrogen) atoms. The van der Waals surface area contributed by atoms with Crippen LogP contribution in [-0.2, 0) is 19.4 Å². The van der Waals surface area contributed by atoms with Gasteiger partial charge in [0.25, 0.3) is 0 Å². The third kappa shape index (κ3) is 3.75. The summed E-state index contributed by atoms with van der Waals surface area (Å²) in [5, 5.41) is 0. The van der Waals surface area contributed by atoms with Gasteiger partial charge in [-0.1, -0.05) is 13.8 Å². The predicted octanol–water partition coefficient (Wildman–Crippen LogP) is 0.136. The third-order valence-electron chi connectivity index (χ3n) is 4.25. The Morgan fingerprint density at radius 2 is 2.10 bits per heavy atom. The summed E-state index contributed by atoms with van der Waals surface area (Å²) in [6.07, 6.45) is 0.746. The lowest BCUT2D eigenvalue weighted by atomic mass is 10.1. The fourth-order valence-corrected chi connectivity index (χ4v) is 4.88. The van der Waals surface area contributed by atoms with Gasteiger partial charge >= 0.3 is 0 Å². The lowest BCUT2D eigenvalue weighted by Gasteiger charge is -2.26. The van der Waals surface area contributed by atoms with Crippen molar-refractivity contribution >= 4 is 21.7 Å². The van der Waals surface area contributed by atoms with Gasteiger partial charge in [-0.3, -0.25) is 9.59 Å². The van der Waals surface area contributed by atoms with Gasteiger partial charge in [0.05, 0.1) is 17.4 Å². The molecule has 0 N–H and O–H groups in total. The second-order valence-corrected chi connectivity index (χ2v) is 8.83. The molecule has 0 radical (unpaired) electrons. The molecule has 2 saturated heterocycles. The number of carbonyl (C=O) groups is 2. The van der Waals surface area contributed by atoms with Crippen LogP contribution < -0.4 is 0 Å². The molecule has 0 aliphatic carbocycles. The summed E-state index contributed by atoms with van der Waals surface area (Å²) in [4.78, 5) is 27.7. The largest absolute Gasteiger partial charge is 0.342 e. The Kier molecular flexibility index (Phi) is 4.60. The number of amides is 2. The molecule has 0 aromatic heterocycles.